The Morgan fingerprint density at radius 3 is 2.39 bits per heavy atom. The van der Waals surface area contributed by atoms with E-state index >= 15 is 0 Å². The number of carbonyl (C=O) groups excluding carboxylic acids is 1. The molecule has 3 rings (SSSR count). The van der Waals surface area contributed by atoms with Gasteiger partial charge < -0.3 is 19.1 Å². The van der Waals surface area contributed by atoms with Crippen LogP contribution in [0.4, 0.5) is 0 Å². The first-order valence-corrected chi connectivity index (χ1v) is 7.29. The minimum atomic E-state index is -0.0666. The highest BCUT2D eigenvalue weighted by Crippen LogP contribution is 2.25. The number of ether oxygens (including phenoxy) is 3. The van der Waals surface area contributed by atoms with Crippen molar-refractivity contribution in [3.63, 3.8) is 0 Å². The van der Waals surface area contributed by atoms with E-state index in [1.165, 1.54) is 0 Å². The van der Waals surface area contributed by atoms with Crippen molar-refractivity contribution in [2.24, 2.45) is 0 Å². The van der Waals surface area contributed by atoms with Crippen molar-refractivity contribution >= 4 is 5.91 Å². The van der Waals surface area contributed by atoms with E-state index in [1.54, 1.807) is 49.6 Å². The molecule has 0 aliphatic carbocycles. The van der Waals surface area contributed by atoms with E-state index in [0.29, 0.717) is 36.0 Å². The predicted octanol–water partition coefficient (Wildman–Crippen LogP) is 2.00. The molecule has 1 aliphatic rings. The standard InChI is InChI=1S/C17H18N2O4/c1-21-13-7-12(8-14(9-13)22-2)17(20)19-10-15(11-19)23-16-5-3-4-6-18-16/h3-9,15H,10-11H2,1-2H3. The van der Waals surface area contributed by atoms with E-state index in [1.807, 2.05) is 12.1 Å². The molecule has 6 nitrogen and oxygen atoms in total. The maximum absolute atomic E-state index is 12.5. The van der Waals surface area contributed by atoms with Gasteiger partial charge in [-0.2, -0.15) is 0 Å². The fourth-order valence-corrected chi connectivity index (χ4v) is 2.38. The molecular weight excluding hydrogens is 296 g/mol. The van der Waals surface area contributed by atoms with E-state index in [4.69, 9.17) is 14.2 Å². The summed E-state index contributed by atoms with van der Waals surface area (Å²) >= 11 is 0. The summed E-state index contributed by atoms with van der Waals surface area (Å²) in [5.74, 6) is 1.69. The Bertz CT molecular complexity index is 662. The molecule has 1 amide bonds. The lowest BCUT2D eigenvalue weighted by molar-refractivity contribution is 0.0160. The Balaban J connectivity index is 1.62. The molecule has 2 aromatic rings. The van der Waals surface area contributed by atoms with E-state index in [2.05, 4.69) is 4.98 Å². The molecule has 1 saturated heterocycles. The molecule has 0 unspecified atom stereocenters. The zero-order valence-corrected chi connectivity index (χ0v) is 13.1. The van der Waals surface area contributed by atoms with E-state index in [9.17, 15) is 4.79 Å². The van der Waals surface area contributed by atoms with Crippen molar-refractivity contribution in [1.29, 1.82) is 0 Å². The molecule has 0 bridgehead atoms. The predicted molar refractivity (Wildman–Crippen MR) is 84.1 cm³/mol. The van der Waals surface area contributed by atoms with Crippen molar-refractivity contribution in [3.05, 3.63) is 48.2 Å². The zero-order valence-electron chi connectivity index (χ0n) is 13.1. The second-order valence-corrected chi connectivity index (χ2v) is 5.22. The topological polar surface area (TPSA) is 60.9 Å². The van der Waals surface area contributed by atoms with Crippen LogP contribution in [0.3, 0.4) is 0 Å². The Morgan fingerprint density at radius 2 is 1.83 bits per heavy atom. The minimum absolute atomic E-state index is 0.0265. The van der Waals surface area contributed by atoms with Crippen LogP contribution < -0.4 is 14.2 Å². The van der Waals surface area contributed by atoms with Gasteiger partial charge in [0.15, 0.2) is 0 Å². The van der Waals surface area contributed by atoms with Crippen molar-refractivity contribution in [3.8, 4) is 17.4 Å². The van der Waals surface area contributed by atoms with Gasteiger partial charge in [-0.25, -0.2) is 4.98 Å². The maximum Gasteiger partial charge on any atom is 0.254 e. The lowest BCUT2D eigenvalue weighted by Gasteiger charge is -2.38. The molecule has 23 heavy (non-hydrogen) atoms. The van der Waals surface area contributed by atoms with Crippen molar-refractivity contribution < 1.29 is 19.0 Å². The van der Waals surface area contributed by atoms with Gasteiger partial charge in [0.25, 0.3) is 5.91 Å². The van der Waals surface area contributed by atoms with Crippen LogP contribution in [0.25, 0.3) is 0 Å². The van der Waals surface area contributed by atoms with E-state index < -0.39 is 0 Å². The highest BCUT2D eigenvalue weighted by molar-refractivity contribution is 5.95. The number of hydrogen-bond acceptors (Lipinski definition) is 5. The number of methoxy groups -OCH3 is 2. The van der Waals surface area contributed by atoms with Gasteiger partial charge in [0, 0.05) is 23.9 Å². The van der Waals surface area contributed by atoms with Crippen molar-refractivity contribution in [2.75, 3.05) is 27.3 Å². The summed E-state index contributed by atoms with van der Waals surface area (Å²) in [4.78, 5) is 18.3. The van der Waals surface area contributed by atoms with Crippen LogP contribution >= 0.6 is 0 Å². The average Bonchev–Trinajstić information content (AvgIpc) is 2.57. The molecule has 1 aliphatic heterocycles. The molecule has 6 heteroatoms. The lowest BCUT2D eigenvalue weighted by atomic mass is 10.1. The fourth-order valence-electron chi connectivity index (χ4n) is 2.38. The molecule has 1 aromatic heterocycles. The first-order valence-electron chi connectivity index (χ1n) is 7.29. The van der Waals surface area contributed by atoms with Gasteiger partial charge in [-0.15, -0.1) is 0 Å². The number of rotatable bonds is 5. The zero-order chi connectivity index (χ0) is 16.2. The summed E-state index contributed by atoms with van der Waals surface area (Å²) in [6, 6.07) is 10.7. The average molecular weight is 314 g/mol. The van der Waals surface area contributed by atoms with Gasteiger partial charge in [-0.3, -0.25) is 4.79 Å². The van der Waals surface area contributed by atoms with Crippen molar-refractivity contribution in [1.82, 2.24) is 9.88 Å². The number of likely N-dealkylation sites (tertiary alicyclic amines) is 1. The summed E-state index contributed by atoms with van der Waals surface area (Å²) in [5, 5.41) is 0. The van der Waals surface area contributed by atoms with E-state index in [0.717, 1.165) is 0 Å². The number of benzene rings is 1. The highest BCUT2D eigenvalue weighted by atomic mass is 16.5. The molecule has 120 valence electrons. The summed E-state index contributed by atoms with van der Waals surface area (Å²) in [7, 11) is 3.12. The normalized spacial score (nSPS) is 14.1. The van der Waals surface area contributed by atoms with Crippen LogP contribution in [-0.2, 0) is 0 Å². The quantitative estimate of drug-likeness (QED) is 0.845. The monoisotopic (exact) mass is 314 g/mol. The third-order valence-electron chi connectivity index (χ3n) is 3.66. The van der Waals surface area contributed by atoms with Gasteiger partial charge in [0.1, 0.15) is 17.6 Å². The second-order valence-electron chi connectivity index (χ2n) is 5.22. The molecule has 0 saturated carbocycles. The maximum atomic E-state index is 12.5. The van der Waals surface area contributed by atoms with E-state index in [-0.39, 0.29) is 12.0 Å². The number of aromatic nitrogens is 1. The summed E-state index contributed by atoms with van der Waals surface area (Å²) in [5.41, 5.74) is 0.539. The lowest BCUT2D eigenvalue weighted by Crippen LogP contribution is -2.56. The molecule has 0 N–H and O–H groups in total. The van der Waals surface area contributed by atoms with Crippen LogP contribution in [0.2, 0.25) is 0 Å². The Hall–Kier alpha value is -2.76. The van der Waals surface area contributed by atoms with Gasteiger partial charge in [0.05, 0.1) is 27.3 Å². The van der Waals surface area contributed by atoms with Crippen LogP contribution in [0.1, 0.15) is 10.4 Å². The molecule has 0 spiro atoms. The van der Waals surface area contributed by atoms with Crippen LogP contribution in [0.15, 0.2) is 42.6 Å². The van der Waals surface area contributed by atoms with Gasteiger partial charge >= 0.3 is 0 Å². The number of pyridine rings is 1. The second kappa shape index (κ2) is 6.56. The van der Waals surface area contributed by atoms with Crippen molar-refractivity contribution in [2.45, 2.75) is 6.10 Å². The van der Waals surface area contributed by atoms with Gasteiger partial charge in [-0.1, -0.05) is 6.07 Å². The third kappa shape index (κ3) is 3.36. The molecule has 1 aromatic carbocycles. The molecule has 1 fully saturated rings. The first kappa shape index (κ1) is 15.1. The van der Waals surface area contributed by atoms with Crippen LogP contribution in [0, 0.1) is 0 Å². The highest BCUT2D eigenvalue weighted by Gasteiger charge is 2.33. The summed E-state index contributed by atoms with van der Waals surface area (Å²) in [6.07, 6.45) is 1.65. The Kier molecular flexibility index (Phi) is 4.32. The number of amides is 1. The summed E-state index contributed by atoms with van der Waals surface area (Å²) < 4.78 is 16.1. The SMILES string of the molecule is COc1cc(OC)cc(C(=O)N2CC(Oc3ccccn3)C2)c1. The third-order valence-corrected chi connectivity index (χ3v) is 3.66. The largest absolute Gasteiger partial charge is 0.497 e. The van der Waals surface area contributed by atoms with Gasteiger partial charge in [-0.05, 0) is 18.2 Å². The molecule has 2 heterocycles. The summed E-state index contributed by atoms with van der Waals surface area (Å²) in [6.45, 7) is 1.07. The van der Waals surface area contributed by atoms with Crippen LogP contribution in [0.5, 0.6) is 17.4 Å². The minimum Gasteiger partial charge on any atom is -0.497 e. The first-order chi connectivity index (χ1) is 11.2. The van der Waals surface area contributed by atoms with Crippen LogP contribution in [-0.4, -0.2) is 49.2 Å². The smallest absolute Gasteiger partial charge is 0.254 e. The molecule has 0 atom stereocenters. The number of carbonyl (C=O) groups is 1. The Labute approximate surface area is 134 Å². The molecular formula is C17H18N2O4. The number of nitrogens with zero attached hydrogens (tertiary/aromatic N) is 2. The fraction of sp³-hybridized carbons (Fsp3) is 0.294. The van der Waals surface area contributed by atoms with Gasteiger partial charge in [0.2, 0.25) is 5.88 Å². The molecule has 0 radical (unpaired) electrons. The Morgan fingerprint density at radius 1 is 1.13 bits per heavy atom. The number of hydrogen-bond donors (Lipinski definition) is 0.